The first-order valence-electron chi connectivity index (χ1n) is 8.52. The lowest BCUT2D eigenvalue weighted by Crippen LogP contribution is -2.38. The number of halogens is 3. The molecule has 2 heterocycles. The van der Waals surface area contributed by atoms with Gasteiger partial charge in [-0.05, 0) is 31.0 Å². The van der Waals surface area contributed by atoms with E-state index < -0.39 is 5.82 Å². The third kappa shape index (κ3) is 3.22. The average molecular weight is 404 g/mol. The Morgan fingerprint density at radius 1 is 1.15 bits per heavy atom. The van der Waals surface area contributed by atoms with E-state index in [0.717, 1.165) is 5.56 Å². The van der Waals surface area contributed by atoms with Crippen molar-refractivity contribution >= 4 is 34.8 Å². The van der Waals surface area contributed by atoms with Gasteiger partial charge in [0.1, 0.15) is 5.15 Å². The highest BCUT2D eigenvalue weighted by molar-refractivity contribution is 6.32. The van der Waals surface area contributed by atoms with E-state index in [1.807, 2.05) is 31.2 Å². The van der Waals surface area contributed by atoms with Gasteiger partial charge in [0.25, 0.3) is 5.91 Å². The van der Waals surface area contributed by atoms with Gasteiger partial charge >= 0.3 is 0 Å². The first-order chi connectivity index (χ1) is 13.0. The number of amides is 1. The number of aromatic nitrogens is 2. The highest BCUT2D eigenvalue weighted by Gasteiger charge is 2.33. The number of aryl methyl sites for hydroxylation is 1. The van der Waals surface area contributed by atoms with Crippen LogP contribution in [0.3, 0.4) is 0 Å². The van der Waals surface area contributed by atoms with Crippen molar-refractivity contribution in [3.05, 3.63) is 80.8 Å². The van der Waals surface area contributed by atoms with E-state index in [1.165, 1.54) is 22.6 Å². The molecule has 4 rings (SSSR count). The van der Waals surface area contributed by atoms with Gasteiger partial charge in [-0.15, -0.1) is 0 Å². The summed E-state index contributed by atoms with van der Waals surface area (Å²) in [6, 6.07) is 12.6. The van der Waals surface area contributed by atoms with Crippen LogP contribution in [0.2, 0.25) is 10.2 Å². The highest BCUT2D eigenvalue weighted by atomic mass is 35.5. The van der Waals surface area contributed by atoms with E-state index in [-0.39, 0.29) is 22.3 Å². The van der Waals surface area contributed by atoms with Gasteiger partial charge in [-0.1, -0.05) is 59.1 Å². The number of carbonyl (C=O) groups excluding carboxylic acids is 1. The van der Waals surface area contributed by atoms with Gasteiger partial charge in [0.2, 0.25) is 0 Å². The summed E-state index contributed by atoms with van der Waals surface area (Å²) in [7, 11) is 0. The van der Waals surface area contributed by atoms with Crippen molar-refractivity contribution in [1.29, 1.82) is 0 Å². The summed E-state index contributed by atoms with van der Waals surface area (Å²) in [6.07, 6.45) is 0.500. The van der Waals surface area contributed by atoms with E-state index in [4.69, 9.17) is 23.2 Å². The second kappa shape index (κ2) is 6.98. The Morgan fingerprint density at radius 3 is 2.63 bits per heavy atom. The number of fused-ring (bicyclic) bond motifs is 1. The minimum atomic E-state index is -0.610. The molecule has 0 unspecified atom stereocenters. The van der Waals surface area contributed by atoms with E-state index in [1.54, 1.807) is 10.7 Å². The quantitative estimate of drug-likeness (QED) is 0.624. The Bertz CT molecular complexity index is 1030. The number of hydrogen-bond acceptors (Lipinski definition) is 2. The topological polar surface area (TPSA) is 38.1 Å². The van der Waals surface area contributed by atoms with Crippen LogP contribution in [0.25, 0.3) is 0 Å². The fraction of sp³-hybridized carbons (Fsp3) is 0.200. The van der Waals surface area contributed by atoms with Gasteiger partial charge < -0.3 is 4.90 Å². The van der Waals surface area contributed by atoms with Gasteiger partial charge in [0, 0.05) is 12.1 Å². The molecule has 1 aliphatic rings. The summed E-state index contributed by atoms with van der Waals surface area (Å²) in [5, 5.41) is 4.84. The molecule has 2 aromatic carbocycles. The molecule has 0 saturated heterocycles. The molecular weight excluding hydrogens is 388 g/mol. The van der Waals surface area contributed by atoms with Crippen molar-refractivity contribution in [2.45, 2.75) is 19.9 Å². The van der Waals surface area contributed by atoms with Crippen molar-refractivity contribution in [1.82, 2.24) is 9.78 Å². The number of hydrogen-bond donors (Lipinski definition) is 0. The molecule has 1 aliphatic heterocycles. The maximum atomic E-state index is 14.4. The Labute approximate surface area is 166 Å². The van der Waals surface area contributed by atoms with Crippen LogP contribution >= 0.6 is 23.2 Å². The largest absolute Gasteiger partial charge is 0.304 e. The summed E-state index contributed by atoms with van der Waals surface area (Å²) in [5.74, 6) is -0.983. The Balaban J connectivity index is 1.67. The summed E-state index contributed by atoms with van der Waals surface area (Å²) in [5.41, 5.74) is 3.32. The average Bonchev–Trinajstić information content (AvgIpc) is 2.97. The molecule has 27 heavy (non-hydrogen) atoms. The second-order valence-corrected chi connectivity index (χ2v) is 7.31. The number of benzene rings is 2. The van der Waals surface area contributed by atoms with Gasteiger partial charge in [-0.2, -0.15) is 5.10 Å². The second-order valence-electron chi connectivity index (χ2n) is 6.54. The molecular formula is C20H16Cl2FN3O. The van der Waals surface area contributed by atoms with E-state index in [0.29, 0.717) is 30.2 Å². The molecule has 138 valence electrons. The lowest BCUT2D eigenvalue weighted by molar-refractivity contribution is 0.0974. The van der Waals surface area contributed by atoms with Gasteiger partial charge in [-0.25, -0.2) is 9.07 Å². The molecule has 0 spiro atoms. The summed E-state index contributed by atoms with van der Waals surface area (Å²) < 4.78 is 16.0. The van der Waals surface area contributed by atoms with Crippen LogP contribution in [0.4, 0.5) is 10.1 Å². The molecule has 7 heteroatoms. The maximum absolute atomic E-state index is 14.4. The smallest absolute Gasteiger partial charge is 0.279 e. The summed E-state index contributed by atoms with van der Waals surface area (Å²) in [6.45, 7) is 2.80. The monoisotopic (exact) mass is 403 g/mol. The van der Waals surface area contributed by atoms with E-state index in [9.17, 15) is 9.18 Å². The molecule has 0 bridgehead atoms. The van der Waals surface area contributed by atoms with Crippen LogP contribution in [0.5, 0.6) is 0 Å². The van der Waals surface area contributed by atoms with Gasteiger partial charge in [-0.3, -0.25) is 4.79 Å². The lowest BCUT2D eigenvalue weighted by atomic mass is 10.1. The predicted octanol–water partition coefficient (Wildman–Crippen LogP) is 4.89. The molecule has 0 fully saturated rings. The standard InChI is InChI=1S/C20H16Cl2FN3O/c1-12-5-7-13(8-6-12)11-26-19(22)14-9-10-25(20(27)18(14)24-26)16-4-2-3-15(21)17(16)23/h2-8H,9-11H2,1H3. The van der Waals surface area contributed by atoms with E-state index in [2.05, 4.69) is 5.10 Å². The molecule has 0 aliphatic carbocycles. The van der Waals surface area contributed by atoms with E-state index >= 15 is 0 Å². The van der Waals surface area contributed by atoms with Crippen LogP contribution < -0.4 is 4.90 Å². The van der Waals surface area contributed by atoms with Crippen LogP contribution in [0.15, 0.2) is 42.5 Å². The molecule has 1 aromatic heterocycles. The minimum Gasteiger partial charge on any atom is -0.304 e. The molecule has 1 amide bonds. The highest BCUT2D eigenvalue weighted by Crippen LogP contribution is 2.32. The van der Waals surface area contributed by atoms with Crippen molar-refractivity contribution in [3.63, 3.8) is 0 Å². The molecule has 0 atom stereocenters. The maximum Gasteiger partial charge on any atom is 0.279 e. The molecule has 0 N–H and O–H groups in total. The lowest BCUT2D eigenvalue weighted by Gasteiger charge is -2.26. The van der Waals surface area contributed by atoms with Gasteiger partial charge in [0.15, 0.2) is 11.5 Å². The first-order valence-corrected chi connectivity index (χ1v) is 9.28. The van der Waals surface area contributed by atoms with Crippen molar-refractivity contribution < 1.29 is 9.18 Å². The molecule has 0 radical (unpaired) electrons. The Kier molecular flexibility index (Phi) is 4.66. The van der Waals surface area contributed by atoms with Crippen LogP contribution in [0, 0.1) is 12.7 Å². The zero-order chi connectivity index (χ0) is 19.1. The van der Waals surface area contributed by atoms with Crippen LogP contribution in [-0.4, -0.2) is 22.2 Å². The Morgan fingerprint density at radius 2 is 1.89 bits per heavy atom. The van der Waals surface area contributed by atoms with Gasteiger partial charge in [0.05, 0.1) is 17.3 Å². The minimum absolute atomic E-state index is 0.0194. The summed E-state index contributed by atoms with van der Waals surface area (Å²) >= 11 is 12.3. The SMILES string of the molecule is Cc1ccc(Cn2nc3c(c2Cl)CCN(c2cccc(Cl)c2F)C3=O)cc1. The first kappa shape index (κ1) is 18.0. The summed E-state index contributed by atoms with van der Waals surface area (Å²) in [4.78, 5) is 14.3. The number of rotatable bonds is 3. The third-order valence-corrected chi connectivity index (χ3v) is 5.41. The van der Waals surface area contributed by atoms with Crippen molar-refractivity contribution in [2.24, 2.45) is 0 Å². The number of nitrogens with zero attached hydrogens (tertiary/aromatic N) is 3. The molecule has 0 saturated carbocycles. The fourth-order valence-corrected chi connectivity index (χ4v) is 3.68. The fourth-order valence-electron chi connectivity index (χ4n) is 3.23. The Hall–Kier alpha value is -2.37. The molecule has 3 aromatic rings. The van der Waals surface area contributed by atoms with Crippen molar-refractivity contribution in [2.75, 3.05) is 11.4 Å². The molecule has 4 nitrogen and oxygen atoms in total. The zero-order valence-electron chi connectivity index (χ0n) is 14.5. The predicted molar refractivity (Wildman–Crippen MR) is 104 cm³/mol. The third-order valence-electron chi connectivity index (χ3n) is 4.69. The van der Waals surface area contributed by atoms with Crippen molar-refractivity contribution in [3.8, 4) is 0 Å². The number of carbonyl (C=O) groups is 1. The zero-order valence-corrected chi connectivity index (χ0v) is 16.1. The number of anilines is 1. The van der Waals surface area contributed by atoms with Crippen LogP contribution in [0.1, 0.15) is 27.2 Å². The van der Waals surface area contributed by atoms with Crippen LogP contribution in [-0.2, 0) is 13.0 Å². The normalized spacial score (nSPS) is 13.8.